The smallest absolute Gasteiger partial charge is 0.356 e. The fourth-order valence-electron chi connectivity index (χ4n) is 4.69. The van der Waals surface area contributed by atoms with E-state index >= 15 is 0 Å². The molecule has 310 valence electrons. The van der Waals surface area contributed by atoms with Gasteiger partial charge < -0.3 is 45.9 Å². The van der Waals surface area contributed by atoms with E-state index in [0.29, 0.717) is 41.9 Å². The van der Waals surface area contributed by atoms with Crippen LogP contribution in [-0.4, -0.2) is 72.0 Å². The van der Waals surface area contributed by atoms with Gasteiger partial charge in [0.25, 0.3) is 11.6 Å². The number of rotatable bonds is 7. The van der Waals surface area contributed by atoms with Crippen molar-refractivity contribution in [1.82, 2.24) is 33.5 Å². The number of carbonyl (C=O) groups excluding carboxylic acids is 2. The van der Waals surface area contributed by atoms with Crippen molar-refractivity contribution < 1.29 is 23.8 Å². The second-order valence-corrected chi connectivity index (χ2v) is 14.9. The molecule has 7 aromatic heterocycles. The summed E-state index contributed by atoms with van der Waals surface area (Å²) in [4.78, 5) is 59.1. The van der Waals surface area contributed by atoms with Crippen LogP contribution in [0.3, 0.4) is 0 Å². The molecule has 1 amide bonds. The molecular weight excluding hydrogens is 1030 g/mol. The van der Waals surface area contributed by atoms with Crippen molar-refractivity contribution in [2.45, 2.75) is 26.6 Å². The molecule has 0 fully saturated rings. The molecule has 23 heteroatoms. The highest BCUT2D eigenvalue weighted by Crippen LogP contribution is 2.15. The van der Waals surface area contributed by atoms with E-state index in [0.717, 1.165) is 17.9 Å². The Bertz CT molecular complexity index is 2800. The lowest BCUT2D eigenvalue weighted by molar-refractivity contribution is -0.132. The Labute approximate surface area is 367 Å². The second-order valence-electron chi connectivity index (χ2n) is 11.2. The normalized spacial score (nSPS) is 10.2. The molecule has 7 heterocycles. The van der Waals surface area contributed by atoms with Crippen molar-refractivity contribution >= 4 is 97.8 Å². The third-order valence-electron chi connectivity index (χ3n) is 7.25. The molecule has 7 N–H and O–H groups in total. The molecule has 0 aliphatic heterocycles. The number of ether oxygens (including phenoxy) is 3. The zero-order valence-corrected chi connectivity index (χ0v) is 37.6. The van der Waals surface area contributed by atoms with Gasteiger partial charge in [0.2, 0.25) is 16.3 Å². The first-order valence-corrected chi connectivity index (χ1v) is 19.9. The zero-order chi connectivity index (χ0) is 43.8. The number of nitrogen functional groups attached to an aromatic ring is 1. The molecule has 0 radical (unpaired) electrons. The van der Waals surface area contributed by atoms with Gasteiger partial charge >= 0.3 is 5.97 Å². The molecule has 0 aromatic carbocycles. The van der Waals surface area contributed by atoms with Crippen LogP contribution in [0.1, 0.15) is 41.1 Å². The largest absolute Gasteiger partial charge is 0.464 e. The van der Waals surface area contributed by atoms with Gasteiger partial charge in [0, 0.05) is 80.5 Å². The van der Waals surface area contributed by atoms with Crippen LogP contribution in [0.5, 0.6) is 0 Å². The van der Waals surface area contributed by atoms with Crippen molar-refractivity contribution in [2.75, 3.05) is 26.2 Å². The van der Waals surface area contributed by atoms with E-state index in [1.54, 1.807) is 64.3 Å². The Morgan fingerprint density at radius 2 is 1.34 bits per heavy atom. The van der Waals surface area contributed by atoms with Crippen LogP contribution in [0.25, 0.3) is 21.4 Å². The number of fused-ring (bicyclic) bond motifs is 3. The topological polar surface area (TPSA) is 259 Å². The Morgan fingerprint density at radius 3 is 1.80 bits per heavy atom. The number of hydrogen-bond donors (Lipinski definition) is 5. The number of aromatic amines is 3. The number of halogens is 4. The number of esters is 1. The summed E-state index contributed by atoms with van der Waals surface area (Å²) in [6.07, 6.45) is 11.1. The van der Waals surface area contributed by atoms with Crippen molar-refractivity contribution in [2.24, 2.45) is 5.73 Å². The summed E-state index contributed by atoms with van der Waals surface area (Å²) in [6.45, 7) is 11.7. The molecule has 0 saturated carbocycles. The Morgan fingerprint density at radius 1 is 0.831 bits per heavy atom. The molecule has 59 heavy (non-hydrogen) atoms. The van der Waals surface area contributed by atoms with Gasteiger partial charge in [-0.3, -0.25) is 32.6 Å². The number of nitrogens with one attached hydrogen (secondary N) is 3. The van der Waals surface area contributed by atoms with E-state index in [1.165, 1.54) is 34.8 Å². The van der Waals surface area contributed by atoms with E-state index in [1.807, 2.05) is 19.9 Å². The summed E-state index contributed by atoms with van der Waals surface area (Å²) < 4.78 is 23.8. The van der Waals surface area contributed by atoms with Crippen molar-refractivity contribution in [1.29, 1.82) is 5.26 Å². The highest BCUT2D eigenvalue weighted by molar-refractivity contribution is 9.11. The average Bonchev–Trinajstić information content (AvgIpc) is 3.97. The lowest BCUT2D eigenvalue weighted by atomic mass is 10.2. The third-order valence-corrected chi connectivity index (χ3v) is 8.98. The third kappa shape index (κ3) is 13.4. The molecule has 0 spiro atoms. The first-order chi connectivity index (χ1) is 28.1. The predicted octanol–water partition coefficient (Wildman–Crippen LogP) is 5.87. The molecule has 7 aromatic rings. The molecule has 0 aliphatic carbocycles. The number of nitrogens with zero attached hydrogens (tertiary/aromatic N) is 6. The molecule has 0 aliphatic rings. The second kappa shape index (κ2) is 23.0. The monoisotopic (exact) mass is 1060 g/mol. The highest BCUT2D eigenvalue weighted by Gasteiger charge is 2.12. The van der Waals surface area contributed by atoms with E-state index < -0.39 is 11.9 Å². The highest BCUT2D eigenvalue weighted by atomic mass is 79.9. The lowest BCUT2D eigenvalue weighted by Gasteiger charge is -2.12. The number of carbonyl (C=O) groups is 2. The molecule has 19 nitrogen and oxygen atoms in total. The maximum atomic E-state index is 11.6. The molecule has 7 rings (SSSR count). The predicted molar refractivity (Wildman–Crippen MR) is 233 cm³/mol. The summed E-state index contributed by atoms with van der Waals surface area (Å²) in [5.74, 6) is 4.23. The van der Waals surface area contributed by atoms with E-state index in [-0.39, 0.29) is 33.8 Å². The Hall–Kier alpha value is -5.69. The fourth-order valence-corrected chi connectivity index (χ4v) is 6.39. The van der Waals surface area contributed by atoms with Crippen molar-refractivity contribution in [3.05, 3.63) is 145 Å². The summed E-state index contributed by atoms with van der Waals surface area (Å²) in [6, 6.07) is 10.1. The number of H-pyrrole nitrogens is 3. The van der Waals surface area contributed by atoms with Crippen molar-refractivity contribution in [3.8, 4) is 6.07 Å². The molecular formula is C36H35Br4N11O8. The number of methoxy groups -OCH3 is 1. The molecule has 0 unspecified atom stereocenters. The van der Waals surface area contributed by atoms with Gasteiger partial charge in [-0.05, 0) is 102 Å². The standard InChI is InChI=1S/C8H6BrN3O2.C8H4BrN3O.C7H5BrN2O.C7H13NO2.C6H7BrN2O2/c9-4-1-6-7(13)5(8(10)14)2-11-12(6)3-4;1-10-6-3-11-12-4-5(9)2-7(12)8(6)13;8-5-3-6-7(11)1-2-9-10(6)4-5;1-3-9-7(5-6-8)10-4-2;1-11-6(10)5-2-4(7)3-9(5)8/h1-3,11H,(H2,10,14);2-4,11H;1-4,9H;7H,3-5H2,1-2H3;2-3H,8H2,1H3. The first kappa shape index (κ1) is 47.7. The first-order valence-electron chi connectivity index (χ1n) is 16.7. The van der Waals surface area contributed by atoms with Gasteiger partial charge in [0.15, 0.2) is 6.29 Å². The van der Waals surface area contributed by atoms with Gasteiger partial charge in [0.05, 0.1) is 31.7 Å². The average molecular weight is 1070 g/mol. The number of amides is 1. The Kier molecular flexibility index (Phi) is 18.6. The van der Waals surface area contributed by atoms with Crippen LogP contribution in [0.2, 0.25) is 0 Å². The van der Waals surface area contributed by atoms with E-state index in [2.05, 4.69) is 88.6 Å². The molecule has 0 saturated heterocycles. The molecule has 0 bridgehead atoms. The summed E-state index contributed by atoms with van der Waals surface area (Å²) in [7, 11) is 1.31. The summed E-state index contributed by atoms with van der Waals surface area (Å²) >= 11 is 12.9. The van der Waals surface area contributed by atoms with Gasteiger partial charge in [-0.25, -0.2) is 9.64 Å². The number of nitrogens with two attached hydrogens (primary N) is 2. The maximum Gasteiger partial charge on any atom is 0.356 e. The van der Waals surface area contributed by atoms with Crippen LogP contribution in [-0.2, 0) is 14.2 Å². The number of hydrogen-bond acceptors (Lipinski definition) is 10. The molecule has 0 atom stereocenters. The number of aromatic nitrogens is 7. The van der Waals surface area contributed by atoms with Crippen LogP contribution >= 0.6 is 63.7 Å². The van der Waals surface area contributed by atoms with Crippen molar-refractivity contribution in [3.63, 3.8) is 0 Å². The minimum absolute atomic E-state index is 0.0226. The van der Waals surface area contributed by atoms with Crippen LogP contribution < -0.4 is 27.9 Å². The number of primary amides is 1. The summed E-state index contributed by atoms with van der Waals surface area (Å²) in [5.41, 5.74) is 6.33. The van der Waals surface area contributed by atoms with Gasteiger partial charge in [-0.1, -0.05) is 0 Å². The minimum Gasteiger partial charge on any atom is -0.464 e. The van der Waals surface area contributed by atoms with Crippen LogP contribution in [0.4, 0.5) is 5.69 Å². The quantitative estimate of drug-likeness (QED) is 0.0549. The van der Waals surface area contributed by atoms with Gasteiger partial charge in [-0.15, -0.1) is 0 Å². The minimum atomic E-state index is -0.730. The SMILES string of the molecule is CCOC(CC#N)OCC.COC(=O)c1cc(Br)cn1N.NC(=O)c1c[nH]n2cc(Br)cc2c1=O.O=c1cc[nH]n2cc(Br)cc12.[C-]#[N+]c1c[nH]n2cc(Br)cc2c1=O. The lowest BCUT2D eigenvalue weighted by Crippen LogP contribution is -2.23. The Balaban J connectivity index is 0.000000198. The summed E-state index contributed by atoms with van der Waals surface area (Å²) in [5, 5.41) is 16.7. The number of nitriles is 1. The van der Waals surface area contributed by atoms with Gasteiger partial charge in [0.1, 0.15) is 22.3 Å². The fraction of sp³-hybridized carbons (Fsp3) is 0.194. The maximum absolute atomic E-state index is 11.6. The van der Waals surface area contributed by atoms with Crippen LogP contribution in [0, 0.1) is 17.9 Å². The van der Waals surface area contributed by atoms with E-state index in [4.69, 9.17) is 32.9 Å². The zero-order valence-electron chi connectivity index (χ0n) is 31.2. The van der Waals surface area contributed by atoms with Crippen LogP contribution in [0.15, 0.2) is 106 Å². The van der Waals surface area contributed by atoms with E-state index in [9.17, 15) is 24.0 Å². The van der Waals surface area contributed by atoms with Gasteiger partial charge in [-0.2, -0.15) is 5.26 Å².